The Labute approximate surface area is 92.4 Å². The number of alkyl halides is 4. The summed E-state index contributed by atoms with van der Waals surface area (Å²) in [7, 11) is 0. The number of amides is 1. The van der Waals surface area contributed by atoms with E-state index in [4.69, 9.17) is 5.11 Å². The van der Waals surface area contributed by atoms with Crippen LogP contribution >= 0.6 is 11.8 Å². The molecule has 94 valence electrons. The monoisotopic (exact) mass is 263 g/mol. The lowest BCUT2D eigenvalue weighted by atomic mass is 10.3. The van der Waals surface area contributed by atoms with Crippen molar-refractivity contribution in [1.82, 2.24) is 5.32 Å². The van der Waals surface area contributed by atoms with Gasteiger partial charge in [0.2, 0.25) is 5.91 Å². The number of hydrogen-bond acceptors (Lipinski definition) is 3. The molecule has 1 atom stereocenters. The topological polar surface area (TPSA) is 66.4 Å². The van der Waals surface area contributed by atoms with Gasteiger partial charge in [-0.25, -0.2) is 13.6 Å². The molecular formula is C7H9F4NO3S. The molecule has 2 N–H and O–H groups in total. The van der Waals surface area contributed by atoms with E-state index in [1.807, 2.05) is 5.32 Å². The van der Waals surface area contributed by atoms with Gasteiger partial charge in [-0.15, -0.1) is 0 Å². The lowest BCUT2D eigenvalue weighted by Gasteiger charge is -2.18. The van der Waals surface area contributed by atoms with Gasteiger partial charge in [-0.1, -0.05) is 11.8 Å². The van der Waals surface area contributed by atoms with Crippen molar-refractivity contribution in [3.05, 3.63) is 0 Å². The molecule has 9 heteroatoms. The van der Waals surface area contributed by atoms with E-state index in [9.17, 15) is 27.2 Å². The molecule has 0 spiro atoms. The van der Waals surface area contributed by atoms with Crippen molar-refractivity contribution >= 4 is 23.6 Å². The van der Waals surface area contributed by atoms with Crippen LogP contribution in [0.2, 0.25) is 0 Å². The van der Waals surface area contributed by atoms with Gasteiger partial charge < -0.3 is 10.4 Å². The zero-order valence-electron chi connectivity index (χ0n) is 8.05. The first kappa shape index (κ1) is 15.0. The first-order valence-corrected chi connectivity index (χ1v) is 4.95. The number of carbonyl (C=O) groups excluding carboxylic acids is 1. The molecule has 0 fully saturated rings. The van der Waals surface area contributed by atoms with Crippen molar-refractivity contribution in [2.45, 2.75) is 24.6 Å². The summed E-state index contributed by atoms with van der Waals surface area (Å²) >= 11 is -0.514. The second kappa shape index (κ2) is 5.92. The maximum absolute atomic E-state index is 12.4. The van der Waals surface area contributed by atoms with Gasteiger partial charge in [0.25, 0.3) is 0 Å². The van der Waals surface area contributed by atoms with E-state index >= 15 is 0 Å². The number of thioether (sulfide) groups is 1. The Morgan fingerprint density at radius 3 is 2.25 bits per heavy atom. The lowest BCUT2D eigenvalue weighted by molar-refractivity contribution is -0.140. The molecule has 0 heterocycles. The summed E-state index contributed by atoms with van der Waals surface area (Å²) in [6.07, 6.45) is -3.88. The van der Waals surface area contributed by atoms with Crippen LogP contribution in [0.15, 0.2) is 0 Å². The highest BCUT2D eigenvalue weighted by molar-refractivity contribution is 8.00. The molecule has 0 aliphatic carbocycles. The highest BCUT2D eigenvalue weighted by atomic mass is 32.2. The van der Waals surface area contributed by atoms with Crippen molar-refractivity contribution in [3.8, 4) is 0 Å². The molecule has 0 unspecified atom stereocenters. The standard InChI is InChI=1S/C7H9F4NO3S/c1-3(13)12-4(5(14)15)2-16-7(10,11)6(8)9/h4,6H,2H2,1H3,(H,12,13)(H,14,15)/t4-/m0/s1. The molecule has 0 aromatic carbocycles. The van der Waals surface area contributed by atoms with Crippen molar-refractivity contribution in [1.29, 1.82) is 0 Å². The summed E-state index contributed by atoms with van der Waals surface area (Å²) in [5, 5.41) is 6.02. The first-order valence-electron chi connectivity index (χ1n) is 3.96. The maximum Gasteiger partial charge on any atom is 0.353 e. The van der Waals surface area contributed by atoms with Crippen molar-refractivity contribution in [2.24, 2.45) is 0 Å². The van der Waals surface area contributed by atoms with Gasteiger partial charge in [0.15, 0.2) is 0 Å². The molecule has 0 aliphatic rings. The molecule has 0 rings (SSSR count). The molecular weight excluding hydrogens is 254 g/mol. The summed E-state index contributed by atoms with van der Waals surface area (Å²) in [6.45, 7) is 0.992. The van der Waals surface area contributed by atoms with E-state index in [2.05, 4.69) is 0 Å². The fourth-order valence-electron chi connectivity index (χ4n) is 0.677. The largest absolute Gasteiger partial charge is 0.480 e. The summed E-state index contributed by atoms with van der Waals surface area (Å²) in [4.78, 5) is 21.0. The number of rotatable bonds is 6. The first-order chi connectivity index (χ1) is 7.16. The average Bonchev–Trinajstić information content (AvgIpc) is 2.10. The van der Waals surface area contributed by atoms with Crippen LogP contribution in [-0.4, -0.2) is 40.5 Å². The number of carboxylic acid groups (broad SMARTS) is 1. The molecule has 0 aliphatic heterocycles. The minimum absolute atomic E-state index is 0.514. The second-order valence-corrected chi connectivity index (χ2v) is 3.93. The van der Waals surface area contributed by atoms with Gasteiger partial charge in [-0.3, -0.25) is 4.79 Å². The molecule has 0 radical (unpaired) electrons. The minimum atomic E-state index is -4.33. The van der Waals surface area contributed by atoms with Crippen molar-refractivity contribution in [2.75, 3.05) is 5.75 Å². The van der Waals surface area contributed by atoms with Crippen LogP contribution in [0, 0.1) is 0 Å². The number of carbonyl (C=O) groups is 2. The van der Waals surface area contributed by atoms with Gasteiger partial charge in [0.1, 0.15) is 6.04 Å². The van der Waals surface area contributed by atoms with Crippen LogP contribution in [0.25, 0.3) is 0 Å². The highest BCUT2D eigenvalue weighted by Crippen LogP contribution is 2.35. The fraction of sp³-hybridized carbons (Fsp3) is 0.714. The van der Waals surface area contributed by atoms with E-state index in [-0.39, 0.29) is 0 Å². The van der Waals surface area contributed by atoms with Gasteiger partial charge in [0.05, 0.1) is 0 Å². The zero-order chi connectivity index (χ0) is 12.9. The Hall–Kier alpha value is -0.990. The smallest absolute Gasteiger partial charge is 0.353 e. The molecule has 16 heavy (non-hydrogen) atoms. The van der Waals surface area contributed by atoms with E-state index in [1.54, 1.807) is 0 Å². The predicted molar refractivity (Wildman–Crippen MR) is 48.6 cm³/mol. The third-order valence-corrected chi connectivity index (χ3v) is 2.44. The molecule has 0 saturated heterocycles. The summed E-state index contributed by atoms with van der Waals surface area (Å²) < 4.78 is 48.3. The average molecular weight is 263 g/mol. The maximum atomic E-state index is 12.4. The lowest BCUT2D eigenvalue weighted by Crippen LogP contribution is -2.42. The van der Waals surface area contributed by atoms with E-state index in [0.717, 1.165) is 6.92 Å². The quantitative estimate of drug-likeness (QED) is 0.706. The summed E-state index contributed by atoms with van der Waals surface area (Å²) in [5.41, 5.74) is 0. The molecule has 1 amide bonds. The third-order valence-electron chi connectivity index (χ3n) is 1.37. The Balaban J connectivity index is 4.33. The van der Waals surface area contributed by atoms with Gasteiger partial charge in [0, 0.05) is 12.7 Å². The Morgan fingerprint density at radius 2 is 1.94 bits per heavy atom. The van der Waals surface area contributed by atoms with E-state index < -0.39 is 47.1 Å². The molecule has 0 saturated carbocycles. The Morgan fingerprint density at radius 1 is 1.44 bits per heavy atom. The fourth-order valence-corrected chi connectivity index (χ4v) is 1.42. The van der Waals surface area contributed by atoms with Crippen LogP contribution in [-0.2, 0) is 9.59 Å². The van der Waals surface area contributed by atoms with Gasteiger partial charge in [-0.05, 0) is 0 Å². The zero-order valence-corrected chi connectivity index (χ0v) is 8.86. The van der Waals surface area contributed by atoms with Crippen LogP contribution in [0.3, 0.4) is 0 Å². The van der Waals surface area contributed by atoms with E-state index in [0.29, 0.717) is 0 Å². The molecule has 4 nitrogen and oxygen atoms in total. The second-order valence-electron chi connectivity index (χ2n) is 2.76. The number of hydrogen-bond donors (Lipinski definition) is 2. The SMILES string of the molecule is CC(=O)N[C@@H](CSC(F)(F)C(F)F)C(=O)O. The Kier molecular flexibility index (Phi) is 5.56. The van der Waals surface area contributed by atoms with Crippen LogP contribution in [0.5, 0.6) is 0 Å². The highest BCUT2D eigenvalue weighted by Gasteiger charge is 2.42. The van der Waals surface area contributed by atoms with Crippen molar-refractivity contribution in [3.63, 3.8) is 0 Å². The predicted octanol–water partition coefficient (Wildman–Crippen LogP) is 1.17. The minimum Gasteiger partial charge on any atom is -0.480 e. The Bertz CT molecular complexity index is 274. The van der Waals surface area contributed by atoms with Crippen LogP contribution in [0.1, 0.15) is 6.92 Å². The molecule has 0 bridgehead atoms. The number of carboxylic acids is 1. The molecule has 0 aromatic rings. The number of nitrogens with one attached hydrogen (secondary N) is 1. The van der Waals surface area contributed by atoms with Crippen molar-refractivity contribution < 1.29 is 32.3 Å². The van der Waals surface area contributed by atoms with Crippen LogP contribution < -0.4 is 5.32 Å². The van der Waals surface area contributed by atoms with E-state index in [1.165, 1.54) is 0 Å². The third kappa shape index (κ3) is 5.19. The number of halogens is 4. The van der Waals surface area contributed by atoms with Gasteiger partial charge in [-0.2, -0.15) is 8.78 Å². The summed E-state index contributed by atoms with van der Waals surface area (Å²) in [5.74, 6) is -3.15. The molecule has 0 aromatic heterocycles. The number of aliphatic carboxylic acids is 1. The van der Waals surface area contributed by atoms with Gasteiger partial charge >= 0.3 is 17.6 Å². The normalized spacial score (nSPS) is 13.6. The van der Waals surface area contributed by atoms with Crippen LogP contribution in [0.4, 0.5) is 17.6 Å². The summed E-state index contributed by atoms with van der Waals surface area (Å²) in [6, 6.07) is -1.62.